The molecule has 2 heteroatoms. The van der Waals surface area contributed by atoms with Crippen molar-refractivity contribution < 1.29 is 4.74 Å². The van der Waals surface area contributed by atoms with Crippen LogP contribution in [0.4, 0.5) is 5.69 Å². The van der Waals surface area contributed by atoms with Crippen molar-refractivity contribution >= 4 is 11.9 Å². The molecule has 0 bridgehead atoms. The normalized spacial score (nSPS) is 10.8. The topological polar surface area (TPSA) is 21.6 Å². The van der Waals surface area contributed by atoms with Crippen LogP contribution >= 0.6 is 0 Å². The molecular weight excluding hydrogens is 270 g/mol. The second kappa shape index (κ2) is 6.72. The Labute approximate surface area is 130 Å². The molecule has 0 fully saturated rings. The largest absolute Gasteiger partial charge is 0.497 e. The predicted octanol–water partition coefficient (Wildman–Crippen LogP) is 5.11. The maximum absolute atomic E-state index is 5.32. The van der Waals surface area contributed by atoms with E-state index in [-0.39, 0.29) is 0 Å². The molecule has 0 unspecified atom stereocenters. The maximum atomic E-state index is 5.32. The highest BCUT2D eigenvalue weighted by atomic mass is 16.5. The molecule has 0 radical (unpaired) electrons. The van der Waals surface area contributed by atoms with Crippen molar-refractivity contribution in [3.63, 3.8) is 0 Å². The Bertz CT molecular complexity index is 764. The van der Waals surface area contributed by atoms with Gasteiger partial charge in [-0.3, -0.25) is 4.99 Å². The molecule has 0 amide bonds. The van der Waals surface area contributed by atoms with E-state index in [1.807, 2.05) is 72.9 Å². The molecule has 0 spiro atoms. The average molecular weight is 287 g/mol. The smallest absolute Gasteiger partial charge is 0.121 e. The monoisotopic (exact) mass is 287 g/mol. The molecule has 3 aromatic carbocycles. The highest BCUT2D eigenvalue weighted by Gasteiger charge is 2.05. The molecular formula is C20H17NO. The first-order chi connectivity index (χ1) is 10.9. The van der Waals surface area contributed by atoms with Gasteiger partial charge in [-0.1, -0.05) is 60.7 Å². The number of hydrogen-bond donors (Lipinski definition) is 0. The van der Waals surface area contributed by atoms with E-state index in [0.29, 0.717) is 0 Å². The SMILES string of the molecule is COc1ccc(-c2ccccc2)c(N=Cc2ccccc2)c1. The van der Waals surface area contributed by atoms with E-state index in [4.69, 9.17) is 4.74 Å². The highest BCUT2D eigenvalue weighted by Crippen LogP contribution is 2.33. The molecule has 0 aliphatic heterocycles. The minimum Gasteiger partial charge on any atom is -0.497 e. The Morgan fingerprint density at radius 3 is 2.18 bits per heavy atom. The lowest BCUT2D eigenvalue weighted by Gasteiger charge is -2.08. The number of aliphatic imine (C=N–C) groups is 1. The fraction of sp³-hybridized carbons (Fsp3) is 0.0500. The van der Waals surface area contributed by atoms with Gasteiger partial charge in [-0.2, -0.15) is 0 Å². The molecule has 0 aromatic heterocycles. The Balaban J connectivity index is 2.03. The van der Waals surface area contributed by atoms with Gasteiger partial charge in [-0.05, 0) is 23.3 Å². The summed E-state index contributed by atoms with van der Waals surface area (Å²) in [5.74, 6) is 0.805. The van der Waals surface area contributed by atoms with Gasteiger partial charge in [0.05, 0.1) is 12.8 Å². The average Bonchev–Trinajstić information content (AvgIpc) is 2.61. The van der Waals surface area contributed by atoms with Crippen LogP contribution in [0.15, 0.2) is 83.9 Å². The van der Waals surface area contributed by atoms with Gasteiger partial charge in [-0.15, -0.1) is 0 Å². The summed E-state index contributed by atoms with van der Waals surface area (Å²) in [6.07, 6.45) is 1.88. The van der Waals surface area contributed by atoms with Gasteiger partial charge < -0.3 is 4.74 Å². The molecule has 22 heavy (non-hydrogen) atoms. The summed E-state index contributed by atoms with van der Waals surface area (Å²) in [5.41, 5.74) is 4.21. The quantitative estimate of drug-likeness (QED) is 0.611. The van der Waals surface area contributed by atoms with Crippen LogP contribution in [0.25, 0.3) is 11.1 Å². The minimum atomic E-state index is 0.805. The van der Waals surface area contributed by atoms with Crippen molar-refractivity contribution in [2.45, 2.75) is 0 Å². The number of methoxy groups -OCH3 is 1. The first-order valence-electron chi connectivity index (χ1n) is 7.19. The van der Waals surface area contributed by atoms with E-state index < -0.39 is 0 Å². The van der Waals surface area contributed by atoms with E-state index in [1.165, 1.54) is 0 Å². The van der Waals surface area contributed by atoms with Crippen LogP contribution in [0.5, 0.6) is 5.75 Å². The zero-order valence-electron chi connectivity index (χ0n) is 12.4. The molecule has 2 nitrogen and oxygen atoms in total. The van der Waals surface area contributed by atoms with Gasteiger partial charge in [0.15, 0.2) is 0 Å². The minimum absolute atomic E-state index is 0.805. The zero-order chi connectivity index (χ0) is 15.2. The second-order valence-corrected chi connectivity index (χ2v) is 4.92. The van der Waals surface area contributed by atoms with Crippen molar-refractivity contribution in [3.8, 4) is 16.9 Å². The fourth-order valence-electron chi connectivity index (χ4n) is 2.29. The van der Waals surface area contributed by atoms with Crippen molar-refractivity contribution in [2.75, 3.05) is 7.11 Å². The lowest BCUT2D eigenvalue weighted by molar-refractivity contribution is 0.415. The van der Waals surface area contributed by atoms with E-state index in [2.05, 4.69) is 17.1 Å². The van der Waals surface area contributed by atoms with Gasteiger partial charge >= 0.3 is 0 Å². The van der Waals surface area contributed by atoms with Gasteiger partial charge in [0.1, 0.15) is 5.75 Å². The molecule has 3 aromatic rings. The van der Waals surface area contributed by atoms with Crippen LogP contribution < -0.4 is 4.74 Å². The summed E-state index contributed by atoms with van der Waals surface area (Å²) in [6.45, 7) is 0. The zero-order valence-corrected chi connectivity index (χ0v) is 12.4. The Morgan fingerprint density at radius 1 is 0.818 bits per heavy atom. The third kappa shape index (κ3) is 3.23. The summed E-state index contributed by atoms with van der Waals surface area (Å²) in [5, 5.41) is 0. The van der Waals surface area contributed by atoms with Crippen LogP contribution in [0.1, 0.15) is 5.56 Å². The molecule has 0 aliphatic rings. The number of ether oxygens (including phenoxy) is 1. The van der Waals surface area contributed by atoms with Crippen LogP contribution in [-0.4, -0.2) is 13.3 Å². The van der Waals surface area contributed by atoms with Crippen molar-refractivity contribution in [1.29, 1.82) is 0 Å². The number of benzene rings is 3. The molecule has 0 heterocycles. The van der Waals surface area contributed by atoms with Gasteiger partial charge in [0, 0.05) is 17.8 Å². The summed E-state index contributed by atoms with van der Waals surface area (Å²) < 4.78 is 5.32. The maximum Gasteiger partial charge on any atom is 0.121 e. The highest BCUT2D eigenvalue weighted by molar-refractivity contribution is 5.86. The first-order valence-corrected chi connectivity index (χ1v) is 7.19. The Kier molecular flexibility index (Phi) is 4.30. The van der Waals surface area contributed by atoms with Crippen molar-refractivity contribution in [1.82, 2.24) is 0 Å². The Morgan fingerprint density at radius 2 is 1.50 bits per heavy atom. The van der Waals surface area contributed by atoms with Crippen molar-refractivity contribution in [2.24, 2.45) is 4.99 Å². The summed E-state index contributed by atoms with van der Waals surface area (Å²) in [4.78, 5) is 4.66. The lowest BCUT2D eigenvalue weighted by Crippen LogP contribution is -1.85. The van der Waals surface area contributed by atoms with Crippen molar-refractivity contribution in [3.05, 3.63) is 84.4 Å². The Hall–Kier alpha value is -2.87. The molecule has 0 N–H and O–H groups in total. The number of hydrogen-bond acceptors (Lipinski definition) is 2. The molecule has 0 atom stereocenters. The molecule has 0 aliphatic carbocycles. The standard InChI is InChI=1S/C20H17NO/c1-22-18-12-13-19(17-10-6-3-7-11-17)20(14-18)21-15-16-8-4-2-5-9-16/h2-15H,1H3. The summed E-state index contributed by atoms with van der Waals surface area (Å²) >= 11 is 0. The summed E-state index contributed by atoms with van der Waals surface area (Å²) in [6, 6.07) is 26.3. The van der Waals surface area contributed by atoms with Crippen LogP contribution in [0.2, 0.25) is 0 Å². The van der Waals surface area contributed by atoms with E-state index >= 15 is 0 Å². The van der Waals surface area contributed by atoms with Gasteiger partial charge in [0.2, 0.25) is 0 Å². The van der Waals surface area contributed by atoms with Gasteiger partial charge in [0.25, 0.3) is 0 Å². The number of nitrogens with zero attached hydrogens (tertiary/aromatic N) is 1. The molecule has 3 rings (SSSR count). The first kappa shape index (κ1) is 14.1. The lowest BCUT2D eigenvalue weighted by atomic mass is 10.0. The fourth-order valence-corrected chi connectivity index (χ4v) is 2.29. The third-order valence-electron chi connectivity index (χ3n) is 3.44. The van der Waals surface area contributed by atoms with Crippen LogP contribution in [-0.2, 0) is 0 Å². The predicted molar refractivity (Wildman–Crippen MR) is 92.1 cm³/mol. The van der Waals surface area contributed by atoms with E-state index in [9.17, 15) is 0 Å². The summed E-state index contributed by atoms with van der Waals surface area (Å²) in [7, 11) is 1.67. The molecule has 0 saturated carbocycles. The van der Waals surface area contributed by atoms with Gasteiger partial charge in [-0.25, -0.2) is 0 Å². The second-order valence-electron chi connectivity index (χ2n) is 4.92. The van der Waals surface area contributed by atoms with E-state index in [1.54, 1.807) is 7.11 Å². The van der Waals surface area contributed by atoms with Crippen LogP contribution in [0, 0.1) is 0 Å². The molecule has 108 valence electrons. The third-order valence-corrected chi connectivity index (χ3v) is 3.44. The van der Waals surface area contributed by atoms with E-state index in [0.717, 1.165) is 28.1 Å². The van der Waals surface area contributed by atoms with Crippen LogP contribution in [0.3, 0.4) is 0 Å². The molecule has 0 saturated heterocycles. The number of rotatable bonds is 4.